The van der Waals surface area contributed by atoms with Gasteiger partial charge in [-0.05, 0) is 18.6 Å². The monoisotopic (exact) mass is 258 g/mol. The van der Waals surface area contributed by atoms with Crippen LogP contribution in [-0.4, -0.2) is 25.1 Å². The van der Waals surface area contributed by atoms with Gasteiger partial charge in [-0.1, -0.05) is 25.1 Å². The number of halogens is 1. The van der Waals surface area contributed by atoms with E-state index < -0.39 is 6.04 Å². The van der Waals surface area contributed by atoms with E-state index in [2.05, 4.69) is 5.32 Å². The lowest BCUT2D eigenvalue weighted by Crippen LogP contribution is -2.41. The summed E-state index contributed by atoms with van der Waals surface area (Å²) in [5.41, 5.74) is 5.56. The summed E-state index contributed by atoms with van der Waals surface area (Å²) in [6.45, 7) is 2.80. The van der Waals surface area contributed by atoms with Gasteiger partial charge in [0.15, 0.2) is 0 Å². The minimum absolute atomic E-state index is 0. The second-order valence-corrected chi connectivity index (χ2v) is 3.47. The molecule has 0 saturated heterocycles. The van der Waals surface area contributed by atoms with Crippen molar-refractivity contribution in [2.24, 2.45) is 5.73 Å². The zero-order valence-electron chi connectivity index (χ0n) is 9.89. The maximum Gasteiger partial charge on any atom is 0.237 e. The second kappa shape index (κ2) is 8.84. The summed E-state index contributed by atoms with van der Waals surface area (Å²) in [6.07, 6.45) is 0.644. The van der Waals surface area contributed by atoms with E-state index in [-0.39, 0.29) is 18.3 Å². The number of hydrogen-bond donors (Lipinski definition) is 2. The molecular weight excluding hydrogens is 240 g/mol. The normalized spacial score (nSPS) is 11.2. The Morgan fingerprint density at radius 1 is 1.41 bits per heavy atom. The highest BCUT2D eigenvalue weighted by Gasteiger charge is 2.09. The molecule has 0 aliphatic carbocycles. The van der Waals surface area contributed by atoms with Crippen molar-refractivity contribution in [1.82, 2.24) is 5.32 Å². The highest BCUT2D eigenvalue weighted by Crippen LogP contribution is 2.07. The molecule has 0 radical (unpaired) electrons. The Morgan fingerprint density at radius 2 is 2.06 bits per heavy atom. The van der Waals surface area contributed by atoms with Crippen LogP contribution in [0.25, 0.3) is 0 Å². The van der Waals surface area contributed by atoms with Crippen LogP contribution in [0.5, 0.6) is 5.75 Å². The van der Waals surface area contributed by atoms with Gasteiger partial charge in [0.25, 0.3) is 0 Å². The first-order valence-corrected chi connectivity index (χ1v) is 5.45. The van der Waals surface area contributed by atoms with Crippen LogP contribution in [0.2, 0.25) is 0 Å². The van der Waals surface area contributed by atoms with E-state index >= 15 is 0 Å². The third-order valence-corrected chi connectivity index (χ3v) is 2.19. The van der Waals surface area contributed by atoms with Crippen LogP contribution in [0.3, 0.4) is 0 Å². The number of nitrogens with one attached hydrogen (secondary N) is 1. The SMILES string of the molecule is CC[C@H](N)C(=O)NCCOc1ccccc1.Cl. The summed E-state index contributed by atoms with van der Waals surface area (Å²) in [5, 5.41) is 2.71. The maximum absolute atomic E-state index is 11.3. The molecule has 0 fully saturated rings. The van der Waals surface area contributed by atoms with Gasteiger partial charge in [-0.2, -0.15) is 0 Å². The minimum atomic E-state index is -0.420. The molecule has 0 heterocycles. The fourth-order valence-electron chi connectivity index (χ4n) is 1.18. The number of rotatable bonds is 6. The average Bonchev–Trinajstić information content (AvgIpc) is 2.34. The smallest absolute Gasteiger partial charge is 0.237 e. The molecule has 4 nitrogen and oxygen atoms in total. The molecule has 96 valence electrons. The van der Waals surface area contributed by atoms with E-state index in [1.807, 2.05) is 37.3 Å². The number of carbonyl (C=O) groups is 1. The van der Waals surface area contributed by atoms with Crippen molar-refractivity contribution in [3.8, 4) is 5.75 Å². The summed E-state index contributed by atoms with van der Waals surface area (Å²) in [5.74, 6) is 0.677. The van der Waals surface area contributed by atoms with Crippen molar-refractivity contribution in [1.29, 1.82) is 0 Å². The zero-order chi connectivity index (χ0) is 11.8. The number of ether oxygens (including phenoxy) is 1. The van der Waals surface area contributed by atoms with Crippen LogP contribution in [0.15, 0.2) is 30.3 Å². The largest absolute Gasteiger partial charge is 0.492 e. The number of para-hydroxylation sites is 1. The highest BCUT2D eigenvalue weighted by atomic mass is 35.5. The van der Waals surface area contributed by atoms with Crippen LogP contribution in [0.4, 0.5) is 0 Å². The van der Waals surface area contributed by atoms with Crippen molar-refractivity contribution in [3.05, 3.63) is 30.3 Å². The quantitative estimate of drug-likeness (QED) is 0.757. The molecule has 5 heteroatoms. The lowest BCUT2D eigenvalue weighted by molar-refractivity contribution is -0.122. The summed E-state index contributed by atoms with van der Waals surface area (Å²) >= 11 is 0. The van der Waals surface area contributed by atoms with Gasteiger partial charge in [0, 0.05) is 0 Å². The molecule has 1 aromatic carbocycles. The average molecular weight is 259 g/mol. The Labute approximate surface area is 108 Å². The highest BCUT2D eigenvalue weighted by molar-refractivity contribution is 5.85. The number of benzene rings is 1. The minimum Gasteiger partial charge on any atom is -0.492 e. The Hall–Kier alpha value is -1.26. The number of carbonyl (C=O) groups excluding carboxylic acids is 1. The first kappa shape index (κ1) is 15.7. The Balaban J connectivity index is 0.00000256. The molecule has 0 bridgehead atoms. The molecule has 0 saturated carbocycles. The third-order valence-electron chi connectivity index (χ3n) is 2.19. The molecular formula is C12H19ClN2O2. The van der Waals surface area contributed by atoms with Gasteiger partial charge >= 0.3 is 0 Å². The molecule has 17 heavy (non-hydrogen) atoms. The fraction of sp³-hybridized carbons (Fsp3) is 0.417. The molecule has 1 amide bonds. The molecule has 1 rings (SSSR count). The van der Waals surface area contributed by atoms with E-state index in [0.717, 1.165) is 5.75 Å². The van der Waals surface area contributed by atoms with Crippen molar-refractivity contribution in [3.63, 3.8) is 0 Å². The third kappa shape index (κ3) is 6.14. The van der Waals surface area contributed by atoms with Crippen LogP contribution in [-0.2, 0) is 4.79 Å². The van der Waals surface area contributed by atoms with Crippen LogP contribution in [0, 0.1) is 0 Å². The number of amides is 1. The van der Waals surface area contributed by atoms with Crippen LogP contribution < -0.4 is 15.8 Å². The van der Waals surface area contributed by atoms with Gasteiger partial charge in [0.1, 0.15) is 12.4 Å². The molecule has 0 spiro atoms. The van der Waals surface area contributed by atoms with Crippen molar-refractivity contribution in [2.45, 2.75) is 19.4 Å². The first-order chi connectivity index (χ1) is 7.74. The fourth-order valence-corrected chi connectivity index (χ4v) is 1.18. The van der Waals surface area contributed by atoms with Gasteiger partial charge in [-0.15, -0.1) is 12.4 Å². The van der Waals surface area contributed by atoms with E-state index in [9.17, 15) is 4.79 Å². The molecule has 3 N–H and O–H groups in total. The van der Waals surface area contributed by atoms with Gasteiger partial charge in [-0.3, -0.25) is 4.79 Å². The number of nitrogens with two attached hydrogens (primary N) is 1. The topological polar surface area (TPSA) is 64.4 Å². The van der Waals surface area contributed by atoms with Crippen LogP contribution in [0.1, 0.15) is 13.3 Å². The van der Waals surface area contributed by atoms with Gasteiger partial charge < -0.3 is 15.8 Å². The predicted molar refractivity (Wildman–Crippen MR) is 70.5 cm³/mol. The molecule has 0 aliphatic heterocycles. The molecule has 0 aromatic heterocycles. The molecule has 1 atom stereocenters. The van der Waals surface area contributed by atoms with Gasteiger partial charge in [0.05, 0.1) is 12.6 Å². The van der Waals surface area contributed by atoms with Crippen molar-refractivity contribution < 1.29 is 9.53 Å². The predicted octanol–water partition coefficient (Wildman–Crippen LogP) is 1.34. The van der Waals surface area contributed by atoms with E-state index in [1.165, 1.54) is 0 Å². The molecule has 0 unspecified atom stereocenters. The zero-order valence-corrected chi connectivity index (χ0v) is 10.7. The van der Waals surface area contributed by atoms with E-state index in [0.29, 0.717) is 19.6 Å². The lowest BCUT2D eigenvalue weighted by atomic mass is 10.2. The Morgan fingerprint density at radius 3 is 2.65 bits per heavy atom. The van der Waals surface area contributed by atoms with Crippen molar-refractivity contribution >= 4 is 18.3 Å². The lowest BCUT2D eigenvalue weighted by Gasteiger charge is -2.10. The summed E-state index contributed by atoms with van der Waals surface area (Å²) < 4.78 is 5.41. The van der Waals surface area contributed by atoms with Crippen molar-refractivity contribution in [2.75, 3.05) is 13.2 Å². The standard InChI is InChI=1S/C12H18N2O2.ClH/c1-2-11(13)12(15)14-8-9-16-10-6-4-3-5-7-10;/h3-7,11H,2,8-9,13H2,1H3,(H,14,15);1H/t11-;/m0./s1. The van der Waals surface area contributed by atoms with E-state index in [4.69, 9.17) is 10.5 Å². The maximum atomic E-state index is 11.3. The molecule has 0 aliphatic rings. The van der Waals surface area contributed by atoms with Crippen LogP contribution >= 0.6 is 12.4 Å². The van der Waals surface area contributed by atoms with Gasteiger partial charge in [0.2, 0.25) is 5.91 Å². The Bertz CT molecular complexity index is 320. The summed E-state index contributed by atoms with van der Waals surface area (Å²) in [4.78, 5) is 11.3. The summed E-state index contributed by atoms with van der Waals surface area (Å²) in [7, 11) is 0. The second-order valence-electron chi connectivity index (χ2n) is 3.47. The summed E-state index contributed by atoms with van der Waals surface area (Å²) in [6, 6.07) is 9.06. The molecule has 1 aromatic rings. The Kier molecular flexibility index (Phi) is 8.19. The van der Waals surface area contributed by atoms with Gasteiger partial charge in [-0.25, -0.2) is 0 Å². The number of hydrogen-bond acceptors (Lipinski definition) is 3. The van der Waals surface area contributed by atoms with E-state index in [1.54, 1.807) is 0 Å². The first-order valence-electron chi connectivity index (χ1n) is 5.45.